The molecule has 278 valence electrons. The molecule has 0 N–H and O–H groups in total. The van der Waals surface area contributed by atoms with Gasteiger partial charge in [-0.05, 0) is 74.4 Å². The molecule has 0 radical (unpaired) electrons. The number of anilines is 1. The van der Waals surface area contributed by atoms with E-state index in [0.29, 0.717) is 36.8 Å². The monoisotopic (exact) mass is 716 g/mol. The predicted molar refractivity (Wildman–Crippen MR) is 209 cm³/mol. The fourth-order valence-corrected chi connectivity index (χ4v) is 7.37. The number of carbonyl (C=O) groups excluding carboxylic acids is 1. The van der Waals surface area contributed by atoms with Crippen molar-refractivity contribution in [1.29, 1.82) is 0 Å². The summed E-state index contributed by atoms with van der Waals surface area (Å²) in [5.74, 6) is 2.01. The summed E-state index contributed by atoms with van der Waals surface area (Å²) in [5, 5.41) is 6.05. The van der Waals surface area contributed by atoms with E-state index in [1.807, 2.05) is 110 Å². The van der Waals surface area contributed by atoms with Crippen LogP contribution in [0.25, 0.3) is 22.2 Å². The van der Waals surface area contributed by atoms with Crippen molar-refractivity contribution >= 4 is 22.7 Å². The summed E-state index contributed by atoms with van der Waals surface area (Å²) in [6.45, 7) is 15.4. The Kier molecular flexibility index (Phi) is 10.9. The number of amides is 1. The van der Waals surface area contributed by atoms with Crippen molar-refractivity contribution in [3.05, 3.63) is 102 Å². The molecular formula is C43H52N6O4. The van der Waals surface area contributed by atoms with Gasteiger partial charge in [0.2, 0.25) is 11.8 Å². The van der Waals surface area contributed by atoms with E-state index in [2.05, 4.69) is 34.9 Å². The predicted octanol–water partition coefficient (Wildman–Crippen LogP) is 7.81. The first kappa shape index (κ1) is 36.3. The van der Waals surface area contributed by atoms with E-state index in [1.165, 1.54) is 5.69 Å². The van der Waals surface area contributed by atoms with Crippen LogP contribution in [-0.2, 0) is 25.0 Å². The zero-order valence-electron chi connectivity index (χ0n) is 31.7. The van der Waals surface area contributed by atoms with Crippen LogP contribution in [0.4, 0.5) is 10.5 Å². The molecule has 7 rings (SSSR count). The normalized spacial score (nSPS) is 18.3. The largest absolute Gasteiger partial charge is 0.473 e. The molecule has 4 heterocycles. The van der Waals surface area contributed by atoms with Crippen molar-refractivity contribution in [3.63, 3.8) is 0 Å². The lowest BCUT2D eigenvalue weighted by atomic mass is 9.86. The second kappa shape index (κ2) is 15.9. The van der Waals surface area contributed by atoms with Crippen molar-refractivity contribution in [1.82, 2.24) is 24.6 Å². The summed E-state index contributed by atoms with van der Waals surface area (Å²) >= 11 is 0. The number of ether oxygens (including phenoxy) is 3. The lowest BCUT2D eigenvalue weighted by Crippen LogP contribution is -2.51. The minimum absolute atomic E-state index is 0.190. The first-order valence-electron chi connectivity index (χ1n) is 18.9. The van der Waals surface area contributed by atoms with Crippen LogP contribution in [0.2, 0.25) is 0 Å². The molecule has 0 bridgehead atoms. The highest BCUT2D eigenvalue weighted by molar-refractivity contribution is 5.96. The van der Waals surface area contributed by atoms with Gasteiger partial charge in [-0.15, -0.1) is 0 Å². The highest BCUT2D eigenvalue weighted by atomic mass is 16.6. The summed E-state index contributed by atoms with van der Waals surface area (Å²) < 4.78 is 20.0. The fraction of sp³-hybridized carbons (Fsp3) is 0.419. The zero-order chi connectivity index (χ0) is 37.0. The Balaban J connectivity index is 1.02. The van der Waals surface area contributed by atoms with Crippen LogP contribution in [0.1, 0.15) is 45.2 Å². The van der Waals surface area contributed by atoms with Gasteiger partial charge in [-0.2, -0.15) is 10.1 Å². The number of nitrogens with zero attached hydrogens (tertiary/aromatic N) is 6. The fourth-order valence-electron chi connectivity index (χ4n) is 7.37. The quantitative estimate of drug-likeness (QED) is 0.145. The summed E-state index contributed by atoms with van der Waals surface area (Å²) in [4.78, 5) is 24.4. The highest BCUT2D eigenvalue weighted by Gasteiger charge is 2.33. The van der Waals surface area contributed by atoms with Gasteiger partial charge in [0.05, 0.1) is 11.1 Å². The highest BCUT2D eigenvalue weighted by Crippen LogP contribution is 2.37. The van der Waals surface area contributed by atoms with Crippen molar-refractivity contribution in [2.45, 2.75) is 52.9 Å². The lowest BCUT2D eigenvalue weighted by molar-refractivity contribution is 0.00880. The van der Waals surface area contributed by atoms with E-state index in [4.69, 9.17) is 24.3 Å². The molecule has 2 aromatic heterocycles. The van der Waals surface area contributed by atoms with Crippen molar-refractivity contribution in [2.24, 2.45) is 18.9 Å². The molecule has 1 amide bonds. The van der Waals surface area contributed by atoms with Gasteiger partial charge in [0, 0.05) is 70.0 Å². The van der Waals surface area contributed by atoms with Gasteiger partial charge in [-0.25, -0.2) is 4.79 Å². The Labute approximate surface area is 313 Å². The number of piperazine rings is 1. The van der Waals surface area contributed by atoms with Gasteiger partial charge in [-0.1, -0.05) is 67.6 Å². The second-order valence-electron chi connectivity index (χ2n) is 15.5. The first-order chi connectivity index (χ1) is 25.6. The van der Waals surface area contributed by atoms with Crippen LogP contribution in [-0.4, -0.2) is 82.1 Å². The van der Waals surface area contributed by atoms with Gasteiger partial charge in [0.15, 0.2) is 0 Å². The number of hydrogen-bond acceptors (Lipinski definition) is 8. The summed E-state index contributed by atoms with van der Waals surface area (Å²) in [5.41, 5.74) is 5.58. The molecule has 53 heavy (non-hydrogen) atoms. The molecule has 0 unspecified atom stereocenters. The Hall–Kier alpha value is -5.09. The van der Waals surface area contributed by atoms with E-state index in [0.717, 1.165) is 85.5 Å². The zero-order valence-corrected chi connectivity index (χ0v) is 31.7. The average molecular weight is 717 g/mol. The number of rotatable bonds is 10. The van der Waals surface area contributed by atoms with Crippen LogP contribution >= 0.6 is 0 Å². The molecule has 0 saturated carbocycles. The third-order valence-electron chi connectivity index (χ3n) is 10.3. The molecule has 5 aromatic rings. The van der Waals surface area contributed by atoms with E-state index in [1.54, 1.807) is 0 Å². The molecule has 0 aliphatic carbocycles. The van der Waals surface area contributed by atoms with E-state index in [-0.39, 0.29) is 6.09 Å². The minimum atomic E-state index is -0.468. The number of carbonyl (C=O) groups is 1. The van der Waals surface area contributed by atoms with Crippen molar-refractivity contribution in [3.8, 4) is 23.0 Å². The standard InChI is InChI=1S/C43H52N6O4/c1-31-27-49(42(50)53-43(2,3)4)21-20-34(31)28-47-22-24-48(25-23-47)35-16-17-36-38(26-35)46(5)45-40(36)37-18-19-39(51-29-32-12-8-6-9-13-32)44-41(37)52-30-33-14-10-7-11-15-33/h6-19,26,31,34H,20-25,27-30H2,1-5H3/t31-,34-/m1/s1. The minimum Gasteiger partial charge on any atom is -0.473 e. The molecule has 2 atom stereocenters. The number of pyridine rings is 1. The number of piperidine rings is 1. The van der Waals surface area contributed by atoms with Crippen molar-refractivity contribution in [2.75, 3.05) is 50.7 Å². The molecule has 0 spiro atoms. The van der Waals surface area contributed by atoms with Crippen LogP contribution < -0.4 is 14.4 Å². The number of benzene rings is 3. The van der Waals surface area contributed by atoms with E-state index in [9.17, 15) is 4.79 Å². The number of likely N-dealkylation sites (tertiary alicyclic amines) is 1. The maximum Gasteiger partial charge on any atom is 0.410 e. The van der Waals surface area contributed by atoms with Gasteiger partial charge < -0.3 is 24.0 Å². The molecule has 2 fully saturated rings. The van der Waals surface area contributed by atoms with Crippen LogP contribution in [0.15, 0.2) is 91.0 Å². The Bertz CT molecular complexity index is 1990. The summed E-state index contributed by atoms with van der Waals surface area (Å²) in [7, 11) is 2.00. The van der Waals surface area contributed by atoms with Gasteiger partial charge in [0.25, 0.3) is 0 Å². The molecular weight excluding hydrogens is 665 g/mol. The SMILES string of the molecule is C[C@@H]1CN(C(=O)OC(C)(C)C)CC[C@@H]1CN1CCN(c2ccc3c(-c4ccc(OCc5ccccc5)nc4OCc4ccccc4)nn(C)c3c2)CC1. The van der Waals surface area contributed by atoms with Crippen LogP contribution in [0.3, 0.4) is 0 Å². The number of fused-ring (bicyclic) bond motifs is 1. The average Bonchev–Trinajstić information content (AvgIpc) is 3.49. The molecule has 10 nitrogen and oxygen atoms in total. The Morgan fingerprint density at radius 3 is 2.17 bits per heavy atom. The third-order valence-corrected chi connectivity index (χ3v) is 10.3. The maximum atomic E-state index is 12.6. The number of aromatic nitrogens is 3. The number of hydrogen-bond donors (Lipinski definition) is 0. The third kappa shape index (κ3) is 8.93. The van der Waals surface area contributed by atoms with Crippen LogP contribution in [0, 0.1) is 11.8 Å². The molecule has 2 aliphatic rings. The summed E-state index contributed by atoms with van der Waals surface area (Å²) in [6.07, 6.45) is 0.822. The van der Waals surface area contributed by atoms with Gasteiger partial charge in [0.1, 0.15) is 24.5 Å². The molecule has 2 aliphatic heterocycles. The lowest BCUT2D eigenvalue weighted by Gasteiger charge is -2.42. The molecule has 10 heteroatoms. The second-order valence-corrected chi connectivity index (χ2v) is 15.5. The molecule has 2 saturated heterocycles. The van der Waals surface area contributed by atoms with Crippen molar-refractivity contribution < 1.29 is 19.0 Å². The maximum absolute atomic E-state index is 12.6. The Morgan fingerprint density at radius 1 is 0.830 bits per heavy atom. The number of aryl methyl sites for hydroxylation is 1. The van der Waals surface area contributed by atoms with E-state index >= 15 is 0 Å². The first-order valence-corrected chi connectivity index (χ1v) is 18.9. The Morgan fingerprint density at radius 2 is 1.51 bits per heavy atom. The van der Waals surface area contributed by atoms with Gasteiger partial charge >= 0.3 is 6.09 Å². The smallest absolute Gasteiger partial charge is 0.410 e. The topological polar surface area (TPSA) is 85.2 Å². The van der Waals surface area contributed by atoms with Gasteiger partial charge in [-0.3, -0.25) is 9.58 Å². The van der Waals surface area contributed by atoms with E-state index < -0.39 is 5.60 Å². The molecule has 3 aromatic carbocycles. The summed E-state index contributed by atoms with van der Waals surface area (Å²) in [6, 6.07) is 30.7. The van der Waals surface area contributed by atoms with Crippen LogP contribution in [0.5, 0.6) is 11.8 Å².